The van der Waals surface area contributed by atoms with Crippen LogP contribution in [0.2, 0.25) is 0 Å². The normalized spacial score (nSPS) is 12.2. The fourth-order valence-corrected chi connectivity index (χ4v) is 2.55. The van der Waals surface area contributed by atoms with E-state index in [1.165, 1.54) is 0 Å². The van der Waals surface area contributed by atoms with Crippen LogP contribution < -0.4 is 5.32 Å². The van der Waals surface area contributed by atoms with Gasteiger partial charge in [0, 0.05) is 21.7 Å². The van der Waals surface area contributed by atoms with Crippen molar-refractivity contribution in [2.24, 2.45) is 0 Å². The van der Waals surface area contributed by atoms with Crippen LogP contribution in [-0.2, 0) is 4.74 Å². The maximum Gasteiger partial charge on any atom is 0.252 e. The molecule has 17 heavy (non-hydrogen) atoms. The number of carbonyl (C=O) groups excluding carboxylic acids is 1. The van der Waals surface area contributed by atoms with Gasteiger partial charge in [-0.2, -0.15) is 0 Å². The van der Waals surface area contributed by atoms with Gasteiger partial charge in [0.2, 0.25) is 0 Å². The number of rotatable bonds is 5. The lowest BCUT2D eigenvalue weighted by Crippen LogP contribution is -2.31. The molecule has 0 heterocycles. The first kappa shape index (κ1) is 15.4. The zero-order valence-corrected chi connectivity index (χ0v) is 14.5. The summed E-state index contributed by atoms with van der Waals surface area (Å²) >= 11 is 8.97. The first-order valence-corrected chi connectivity index (χ1v) is 7.69. The number of benzene rings is 1. The summed E-state index contributed by atoms with van der Waals surface area (Å²) in [7, 11) is 1.63. The van der Waals surface area contributed by atoms with Crippen LogP contribution in [0.25, 0.3) is 0 Å². The van der Waals surface area contributed by atoms with Gasteiger partial charge in [-0.3, -0.25) is 4.79 Å². The quantitative estimate of drug-likeness (QED) is 0.523. The second kappa shape index (κ2) is 7.70. The third kappa shape index (κ3) is 5.23. The zero-order chi connectivity index (χ0) is 12.8. The van der Waals surface area contributed by atoms with Crippen LogP contribution in [0, 0.1) is 3.57 Å². The molecule has 0 saturated heterocycles. The highest BCUT2D eigenvalue weighted by Gasteiger charge is 2.12. The molecule has 0 radical (unpaired) electrons. The average Bonchev–Trinajstić information content (AvgIpc) is 2.29. The van der Waals surface area contributed by atoms with E-state index in [1.807, 2.05) is 18.2 Å². The predicted molar refractivity (Wildman–Crippen MR) is 83.8 cm³/mol. The smallest absolute Gasteiger partial charge is 0.252 e. The Morgan fingerprint density at radius 1 is 1.59 bits per heavy atom. The van der Waals surface area contributed by atoms with E-state index in [1.54, 1.807) is 7.11 Å². The Labute approximate surface area is 131 Å². The standard InChI is InChI=1S/C11H12Br2INO2/c1-17-6-7(12)5-15-11(16)9-4-8(14)2-3-10(9)13/h2-4,7H,5-6H2,1H3,(H,15,16). The van der Waals surface area contributed by atoms with Gasteiger partial charge in [0.05, 0.1) is 17.0 Å². The molecule has 0 spiro atoms. The van der Waals surface area contributed by atoms with Crippen LogP contribution >= 0.6 is 54.5 Å². The Kier molecular flexibility index (Phi) is 6.98. The van der Waals surface area contributed by atoms with Crippen molar-refractivity contribution in [3.8, 4) is 0 Å². The lowest BCUT2D eigenvalue weighted by Gasteiger charge is -2.11. The summed E-state index contributed by atoms with van der Waals surface area (Å²) in [6.07, 6.45) is 0. The minimum Gasteiger partial charge on any atom is -0.383 e. The van der Waals surface area contributed by atoms with Crippen molar-refractivity contribution in [2.75, 3.05) is 20.3 Å². The van der Waals surface area contributed by atoms with Gasteiger partial charge in [0.15, 0.2) is 0 Å². The van der Waals surface area contributed by atoms with E-state index >= 15 is 0 Å². The minimum atomic E-state index is -0.0871. The van der Waals surface area contributed by atoms with Crippen LogP contribution in [0.1, 0.15) is 10.4 Å². The van der Waals surface area contributed by atoms with Gasteiger partial charge in [-0.25, -0.2) is 0 Å². The first-order chi connectivity index (χ1) is 8.04. The van der Waals surface area contributed by atoms with Crippen LogP contribution in [-0.4, -0.2) is 31.0 Å². The van der Waals surface area contributed by atoms with E-state index in [9.17, 15) is 4.79 Å². The monoisotopic (exact) mass is 475 g/mol. The third-order valence-corrected chi connectivity index (χ3v) is 3.96. The minimum absolute atomic E-state index is 0.0871. The highest BCUT2D eigenvalue weighted by Crippen LogP contribution is 2.19. The molecule has 0 aromatic heterocycles. The van der Waals surface area contributed by atoms with Crippen molar-refractivity contribution < 1.29 is 9.53 Å². The van der Waals surface area contributed by atoms with Gasteiger partial charge in [0.25, 0.3) is 5.91 Å². The number of halogens is 3. The molecule has 1 atom stereocenters. The number of hydrogen-bond acceptors (Lipinski definition) is 2. The van der Waals surface area contributed by atoms with Crippen molar-refractivity contribution in [1.29, 1.82) is 0 Å². The number of nitrogens with one attached hydrogen (secondary N) is 1. The van der Waals surface area contributed by atoms with Crippen molar-refractivity contribution >= 4 is 60.4 Å². The second-order valence-electron chi connectivity index (χ2n) is 3.39. The van der Waals surface area contributed by atoms with E-state index in [-0.39, 0.29) is 10.7 Å². The summed E-state index contributed by atoms with van der Waals surface area (Å²) in [5, 5.41) is 2.85. The molecule has 0 fully saturated rings. The summed E-state index contributed by atoms with van der Waals surface area (Å²) in [5.74, 6) is -0.0871. The summed E-state index contributed by atoms with van der Waals surface area (Å²) in [6, 6.07) is 5.66. The fraction of sp³-hybridized carbons (Fsp3) is 0.364. The Balaban J connectivity index is 2.61. The van der Waals surface area contributed by atoms with E-state index in [0.29, 0.717) is 18.7 Å². The molecule has 0 aliphatic rings. The van der Waals surface area contributed by atoms with E-state index in [2.05, 4.69) is 59.8 Å². The van der Waals surface area contributed by atoms with Gasteiger partial charge in [-0.05, 0) is 56.7 Å². The van der Waals surface area contributed by atoms with Crippen LogP contribution in [0.5, 0.6) is 0 Å². The van der Waals surface area contributed by atoms with Crippen LogP contribution in [0.4, 0.5) is 0 Å². The molecule has 1 aromatic rings. The Morgan fingerprint density at radius 3 is 2.94 bits per heavy atom. The Bertz CT molecular complexity index is 401. The topological polar surface area (TPSA) is 38.3 Å². The van der Waals surface area contributed by atoms with Crippen LogP contribution in [0.15, 0.2) is 22.7 Å². The van der Waals surface area contributed by atoms with E-state index in [0.717, 1.165) is 8.04 Å². The molecule has 3 nitrogen and oxygen atoms in total. The zero-order valence-electron chi connectivity index (χ0n) is 9.17. The Hall–Kier alpha value is 0.340. The van der Waals surface area contributed by atoms with Gasteiger partial charge in [-0.15, -0.1) is 0 Å². The molecular formula is C11H12Br2INO2. The van der Waals surface area contributed by atoms with Gasteiger partial charge in [0.1, 0.15) is 0 Å². The van der Waals surface area contributed by atoms with Gasteiger partial charge in [-0.1, -0.05) is 15.9 Å². The summed E-state index contributed by atoms with van der Waals surface area (Å²) < 4.78 is 6.81. The molecule has 1 N–H and O–H groups in total. The fourth-order valence-electron chi connectivity index (χ4n) is 1.21. The van der Waals surface area contributed by atoms with Gasteiger partial charge >= 0.3 is 0 Å². The third-order valence-electron chi connectivity index (χ3n) is 2.00. The molecule has 0 aliphatic carbocycles. The van der Waals surface area contributed by atoms with Gasteiger partial charge < -0.3 is 10.1 Å². The lowest BCUT2D eigenvalue weighted by atomic mass is 10.2. The second-order valence-corrected chi connectivity index (χ2v) is 6.78. The SMILES string of the molecule is COCC(Br)CNC(=O)c1cc(I)ccc1Br. The number of alkyl halides is 1. The molecule has 0 aliphatic heterocycles. The van der Waals surface area contributed by atoms with Crippen molar-refractivity contribution in [2.45, 2.75) is 4.83 Å². The van der Waals surface area contributed by atoms with Crippen molar-refractivity contribution in [3.63, 3.8) is 0 Å². The number of ether oxygens (including phenoxy) is 1. The molecule has 0 bridgehead atoms. The highest BCUT2D eigenvalue weighted by atomic mass is 127. The summed E-state index contributed by atoms with van der Waals surface area (Å²) in [6.45, 7) is 1.10. The average molecular weight is 477 g/mol. The molecular weight excluding hydrogens is 465 g/mol. The molecule has 1 unspecified atom stereocenters. The molecule has 0 saturated carbocycles. The maximum absolute atomic E-state index is 11.9. The summed E-state index contributed by atoms with van der Waals surface area (Å²) in [4.78, 5) is 12.0. The molecule has 1 amide bonds. The lowest BCUT2D eigenvalue weighted by molar-refractivity contribution is 0.0949. The molecule has 1 rings (SSSR count). The molecule has 6 heteroatoms. The largest absolute Gasteiger partial charge is 0.383 e. The van der Waals surface area contributed by atoms with E-state index in [4.69, 9.17) is 4.74 Å². The predicted octanol–water partition coefficient (Wildman–Crippen LogP) is 3.19. The summed E-state index contributed by atoms with van der Waals surface area (Å²) in [5.41, 5.74) is 0.647. The number of amides is 1. The number of methoxy groups -OCH3 is 1. The highest BCUT2D eigenvalue weighted by molar-refractivity contribution is 14.1. The molecule has 94 valence electrons. The number of hydrogen-bond donors (Lipinski definition) is 1. The molecule has 1 aromatic carbocycles. The van der Waals surface area contributed by atoms with E-state index < -0.39 is 0 Å². The van der Waals surface area contributed by atoms with Crippen molar-refractivity contribution in [3.05, 3.63) is 31.8 Å². The number of carbonyl (C=O) groups is 1. The van der Waals surface area contributed by atoms with Crippen LogP contribution in [0.3, 0.4) is 0 Å². The Morgan fingerprint density at radius 2 is 2.29 bits per heavy atom. The van der Waals surface area contributed by atoms with Crippen molar-refractivity contribution in [1.82, 2.24) is 5.32 Å². The first-order valence-electron chi connectivity index (χ1n) is 4.91. The maximum atomic E-state index is 11.9.